The smallest absolute Gasteiger partial charge is 0.220 e. The fourth-order valence-electron chi connectivity index (χ4n) is 12.8. The van der Waals surface area contributed by atoms with Crippen LogP contribution in [0.5, 0.6) is 0 Å². The molecule has 19 heteroatoms. The molecule has 19 nitrogen and oxygen atoms in total. The van der Waals surface area contributed by atoms with Crippen molar-refractivity contribution in [3.8, 4) is 0 Å². The molecule has 12 N–H and O–H groups in total. The third-order valence-electron chi connectivity index (χ3n) is 19.2. The maximum absolute atomic E-state index is 13.5. The zero-order chi connectivity index (χ0) is 74.6. The standard InChI is InChI=1S/C84H143NO18/c1-3-5-7-9-11-13-15-17-19-21-22-23-24-25-26-27-28-29-30-31-32-33-34-35-36-37-38-39-40-41-42-43-44-46-48-50-52-54-56-58-60-62-72(90)85-67(68(89)61-59-57-55-53-51-49-47-45-20-18-16-14-12-10-8-6-4-2)66-98-82-78(96)75(93)80(70(64-87)100-82)103-84-79(97)76(94)81(71(65-88)101-84)102-83-77(95)74(92)73(91)69(63-86)99-83/h5,7,11,13,17,19-20,22-23,25-26,28-29,31-32,45,51,53,59,61,67-71,73-84,86-89,91-97H,3-4,6,8-10,12,14-16,18,21,24,27,30,33-44,46-50,52,54-58,60,62-66H2,1-2H3,(H,85,90)/b7-5-,13-11-,19-17-,23-22-,26-25-,29-28-,32-31-,45-20+,53-51+,61-59+. The zero-order valence-electron chi connectivity index (χ0n) is 63.3. The molecule has 592 valence electrons. The number of carbonyl (C=O) groups is 1. The highest BCUT2D eigenvalue weighted by Gasteiger charge is 2.54. The second kappa shape index (κ2) is 63.2. The number of rotatable bonds is 62. The van der Waals surface area contributed by atoms with E-state index in [9.17, 15) is 61.0 Å². The fourth-order valence-corrected chi connectivity index (χ4v) is 12.8. The number of nitrogens with one attached hydrogen (secondary N) is 1. The molecule has 0 saturated carbocycles. The van der Waals surface area contributed by atoms with E-state index in [0.717, 1.165) is 89.9 Å². The summed E-state index contributed by atoms with van der Waals surface area (Å²) in [5.41, 5.74) is 0. The summed E-state index contributed by atoms with van der Waals surface area (Å²) in [6.45, 7) is 1.59. The average Bonchev–Trinajstić information content (AvgIpc) is 0.782. The summed E-state index contributed by atoms with van der Waals surface area (Å²) in [6, 6.07) is -1.00. The van der Waals surface area contributed by atoms with Crippen molar-refractivity contribution < 1.29 is 89.4 Å². The first-order chi connectivity index (χ1) is 50.3. The van der Waals surface area contributed by atoms with Crippen LogP contribution in [-0.4, -0.2) is 193 Å². The van der Waals surface area contributed by atoms with Crippen LogP contribution in [0, 0.1) is 0 Å². The topological polar surface area (TPSA) is 307 Å². The van der Waals surface area contributed by atoms with Gasteiger partial charge < -0.3 is 89.9 Å². The Morgan fingerprint density at radius 3 is 1.09 bits per heavy atom. The van der Waals surface area contributed by atoms with Gasteiger partial charge in [-0.1, -0.05) is 283 Å². The van der Waals surface area contributed by atoms with Crippen molar-refractivity contribution >= 4 is 5.91 Å². The molecule has 17 atom stereocenters. The molecular weight excluding hydrogens is 1310 g/mol. The minimum Gasteiger partial charge on any atom is -0.394 e. The van der Waals surface area contributed by atoms with Crippen LogP contribution in [0.25, 0.3) is 0 Å². The van der Waals surface area contributed by atoms with Gasteiger partial charge in [0.1, 0.15) is 73.2 Å². The molecule has 0 aliphatic carbocycles. The quantitative estimate of drug-likeness (QED) is 0.0199. The van der Waals surface area contributed by atoms with Crippen LogP contribution in [-0.2, 0) is 33.2 Å². The van der Waals surface area contributed by atoms with Crippen LogP contribution in [0.4, 0.5) is 0 Å². The van der Waals surface area contributed by atoms with Gasteiger partial charge in [0, 0.05) is 6.42 Å². The number of aliphatic hydroxyl groups excluding tert-OH is 11. The van der Waals surface area contributed by atoms with Gasteiger partial charge in [0.15, 0.2) is 18.9 Å². The Morgan fingerprint density at radius 1 is 0.359 bits per heavy atom. The first kappa shape index (κ1) is 93.4. The number of hydrogen-bond donors (Lipinski definition) is 12. The molecule has 3 rings (SSSR count). The minimum absolute atomic E-state index is 0.228. The van der Waals surface area contributed by atoms with Crippen molar-refractivity contribution in [1.29, 1.82) is 0 Å². The maximum Gasteiger partial charge on any atom is 0.220 e. The van der Waals surface area contributed by atoms with Gasteiger partial charge in [0.25, 0.3) is 0 Å². The van der Waals surface area contributed by atoms with E-state index < -0.39 is 124 Å². The summed E-state index contributed by atoms with van der Waals surface area (Å²) >= 11 is 0. The Morgan fingerprint density at radius 2 is 0.680 bits per heavy atom. The highest BCUT2D eigenvalue weighted by atomic mass is 16.8. The molecule has 3 aliphatic heterocycles. The molecule has 3 heterocycles. The van der Waals surface area contributed by atoms with Gasteiger partial charge in [-0.15, -0.1) is 0 Å². The zero-order valence-corrected chi connectivity index (χ0v) is 63.3. The minimum atomic E-state index is -1.99. The van der Waals surface area contributed by atoms with Gasteiger partial charge in [-0.25, -0.2) is 0 Å². The molecule has 103 heavy (non-hydrogen) atoms. The average molecular weight is 1460 g/mol. The third-order valence-corrected chi connectivity index (χ3v) is 19.2. The first-order valence-electron chi connectivity index (χ1n) is 40.3. The molecule has 0 spiro atoms. The van der Waals surface area contributed by atoms with Crippen molar-refractivity contribution in [2.45, 2.75) is 375 Å². The van der Waals surface area contributed by atoms with Crippen molar-refractivity contribution in [3.63, 3.8) is 0 Å². The number of unbranched alkanes of at least 4 members (excludes halogenated alkanes) is 28. The molecule has 1 amide bonds. The third kappa shape index (κ3) is 43.1. The van der Waals surface area contributed by atoms with Crippen LogP contribution >= 0.6 is 0 Å². The summed E-state index contributed by atoms with van der Waals surface area (Å²) in [5.74, 6) is -0.290. The monoisotopic (exact) mass is 1450 g/mol. The van der Waals surface area contributed by atoms with E-state index in [1.165, 1.54) is 148 Å². The molecule has 0 radical (unpaired) electrons. The molecule has 17 unspecified atom stereocenters. The van der Waals surface area contributed by atoms with E-state index in [-0.39, 0.29) is 18.9 Å². The molecule has 3 fully saturated rings. The maximum atomic E-state index is 13.5. The number of aliphatic hydroxyl groups is 11. The molecule has 3 saturated heterocycles. The van der Waals surface area contributed by atoms with Gasteiger partial charge in [0.2, 0.25) is 5.91 Å². The van der Waals surface area contributed by atoms with Crippen molar-refractivity contribution in [2.75, 3.05) is 26.4 Å². The van der Waals surface area contributed by atoms with E-state index in [0.29, 0.717) is 12.8 Å². The van der Waals surface area contributed by atoms with Crippen LogP contribution in [0.3, 0.4) is 0 Å². The van der Waals surface area contributed by atoms with Crippen molar-refractivity contribution in [3.05, 3.63) is 122 Å². The summed E-state index contributed by atoms with van der Waals surface area (Å²) < 4.78 is 34.4. The molecule has 0 aromatic carbocycles. The van der Waals surface area contributed by atoms with E-state index >= 15 is 0 Å². The molecule has 0 aromatic heterocycles. The van der Waals surface area contributed by atoms with Gasteiger partial charge >= 0.3 is 0 Å². The Labute approximate surface area is 620 Å². The lowest BCUT2D eigenvalue weighted by Crippen LogP contribution is -2.66. The number of amides is 1. The summed E-state index contributed by atoms with van der Waals surface area (Å²) in [4.78, 5) is 13.5. The lowest BCUT2D eigenvalue weighted by atomic mass is 9.96. The van der Waals surface area contributed by atoms with Gasteiger partial charge in [-0.3, -0.25) is 4.79 Å². The first-order valence-corrected chi connectivity index (χ1v) is 40.3. The number of ether oxygens (including phenoxy) is 6. The van der Waals surface area contributed by atoms with Crippen LogP contribution in [0.1, 0.15) is 271 Å². The van der Waals surface area contributed by atoms with Gasteiger partial charge in [-0.05, 0) is 103 Å². The Bertz CT molecular complexity index is 2330. The Balaban J connectivity index is 1.31. The van der Waals surface area contributed by atoms with Crippen LogP contribution < -0.4 is 5.32 Å². The predicted molar refractivity (Wildman–Crippen MR) is 410 cm³/mol. The van der Waals surface area contributed by atoms with E-state index in [4.69, 9.17) is 28.4 Å². The van der Waals surface area contributed by atoms with Crippen LogP contribution in [0.15, 0.2) is 122 Å². The fraction of sp³-hybridized carbons (Fsp3) is 0.750. The largest absolute Gasteiger partial charge is 0.394 e. The Kier molecular flexibility index (Phi) is 57.3. The number of allylic oxidation sites excluding steroid dienone is 19. The highest BCUT2D eigenvalue weighted by molar-refractivity contribution is 5.76. The van der Waals surface area contributed by atoms with Gasteiger partial charge in [0.05, 0.1) is 38.6 Å². The Hall–Kier alpha value is -3.81. The molecular formula is C84H143NO18. The summed E-state index contributed by atoms with van der Waals surface area (Å²) in [5, 5.41) is 121. The van der Waals surface area contributed by atoms with Crippen LogP contribution in [0.2, 0.25) is 0 Å². The molecule has 0 bridgehead atoms. The van der Waals surface area contributed by atoms with E-state index in [2.05, 4.69) is 129 Å². The predicted octanol–water partition coefficient (Wildman–Crippen LogP) is 13.5. The van der Waals surface area contributed by atoms with Crippen molar-refractivity contribution in [2.24, 2.45) is 0 Å². The molecule has 0 aromatic rings. The van der Waals surface area contributed by atoms with E-state index in [1.807, 2.05) is 6.08 Å². The second-order valence-electron chi connectivity index (χ2n) is 28.1. The number of hydrogen-bond acceptors (Lipinski definition) is 18. The van der Waals surface area contributed by atoms with Crippen molar-refractivity contribution in [1.82, 2.24) is 5.32 Å². The summed E-state index contributed by atoms with van der Waals surface area (Å²) in [6.07, 6.45) is 62.0. The second-order valence-corrected chi connectivity index (χ2v) is 28.1. The number of carbonyl (C=O) groups excluding carboxylic acids is 1. The highest BCUT2D eigenvalue weighted by Crippen LogP contribution is 2.33. The lowest BCUT2D eigenvalue weighted by Gasteiger charge is -2.48. The normalized spacial score (nSPS) is 26.7. The molecule has 3 aliphatic rings. The SMILES string of the molecule is CC/C=C\C/C=C\C/C=C\C/C=C\C/C=C\C/C=C\C/C=C\CCCCCCCCCCCCCCCCCCCCCC(=O)NC(COC1OC(CO)C(OC2OC(CO)C(OC3OC(CO)C(O)C(O)C3O)C(O)C2O)C(O)C1O)C(O)/C=C/CC/C=C/CC/C=C/CCCCCCCCC. The van der Waals surface area contributed by atoms with Gasteiger partial charge in [-0.2, -0.15) is 0 Å². The lowest BCUT2D eigenvalue weighted by molar-refractivity contribution is -0.379. The van der Waals surface area contributed by atoms with E-state index in [1.54, 1.807) is 6.08 Å². The summed E-state index contributed by atoms with van der Waals surface area (Å²) in [7, 11) is 0.